The van der Waals surface area contributed by atoms with Gasteiger partial charge < -0.3 is 74.4 Å². The quantitative estimate of drug-likeness (QED) is 0.0459. The second-order valence-corrected chi connectivity index (χ2v) is 13.7. The SMILES string of the molecule is C[C@@H](O)[C@H](NC(=O)[C@H](CC(N)=O)NC(=O)[C@@H](N)CO)C(=O)NCC(=O)N[C@@H](CC(N)=O)C(=O)N[C@@H](Cc1ccccc1)C(=O)N[C@@H](CC(=O)O)C(=O)N1CCC[C@H]1C(=O)O. The fraction of sp³-hybridized carbons (Fsp3) is 0.514. The lowest BCUT2D eigenvalue weighted by atomic mass is 10.0. The summed E-state index contributed by atoms with van der Waals surface area (Å²) in [6.45, 7) is -0.721. The Morgan fingerprint density at radius 3 is 1.80 bits per heavy atom. The molecule has 60 heavy (non-hydrogen) atoms. The highest BCUT2D eigenvalue weighted by Gasteiger charge is 2.40. The molecule has 0 bridgehead atoms. The van der Waals surface area contributed by atoms with Crippen molar-refractivity contribution < 1.29 is 73.2 Å². The fourth-order valence-electron chi connectivity index (χ4n) is 5.83. The van der Waals surface area contributed by atoms with Crippen LogP contribution >= 0.6 is 0 Å². The summed E-state index contributed by atoms with van der Waals surface area (Å²) in [5, 5.41) is 51.4. The van der Waals surface area contributed by atoms with Gasteiger partial charge in [-0.25, -0.2) is 4.79 Å². The number of primary amides is 2. The summed E-state index contributed by atoms with van der Waals surface area (Å²) < 4.78 is 0. The van der Waals surface area contributed by atoms with E-state index in [0.29, 0.717) is 12.0 Å². The highest BCUT2D eigenvalue weighted by molar-refractivity contribution is 5.99. The van der Waals surface area contributed by atoms with Gasteiger partial charge in [-0.2, -0.15) is 0 Å². The molecule has 0 saturated carbocycles. The zero-order valence-electron chi connectivity index (χ0n) is 32.3. The van der Waals surface area contributed by atoms with Crippen LogP contribution in [0.15, 0.2) is 30.3 Å². The highest BCUT2D eigenvalue weighted by Crippen LogP contribution is 2.19. The van der Waals surface area contributed by atoms with Crippen molar-refractivity contribution >= 4 is 65.1 Å². The Kier molecular flexibility index (Phi) is 19.5. The number of carboxylic acids is 2. The monoisotopic (exact) mass is 850 g/mol. The molecule has 1 aromatic carbocycles. The maximum atomic E-state index is 13.7. The number of benzene rings is 1. The number of hydrogen-bond acceptors (Lipinski definition) is 14. The molecule has 9 amide bonds. The fourth-order valence-corrected chi connectivity index (χ4v) is 5.83. The number of rotatable bonds is 24. The molecule has 25 heteroatoms. The molecule has 8 atom stereocenters. The third-order valence-corrected chi connectivity index (χ3v) is 8.84. The normalized spacial score (nSPS) is 16.9. The number of hydrogen-bond donors (Lipinski definition) is 13. The highest BCUT2D eigenvalue weighted by atomic mass is 16.4. The predicted molar refractivity (Wildman–Crippen MR) is 202 cm³/mol. The van der Waals surface area contributed by atoms with E-state index in [1.54, 1.807) is 30.3 Å². The van der Waals surface area contributed by atoms with Crippen molar-refractivity contribution in [3.63, 3.8) is 0 Å². The molecular weight excluding hydrogens is 800 g/mol. The Morgan fingerprint density at radius 2 is 1.27 bits per heavy atom. The third kappa shape index (κ3) is 15.9. The first kappa shape index (κ1) is 49.4. The molecule has 1 aliphatic rings. The van der Waals surface area contributed by atoms with Crippen LogP contribution in [0.2, 0.25) is 0 Å². The summed E-state index contributed by atoms with van der Waals surface area (Å²) in [7, 11) is 0. The molecule has 0 spiro atoms. The van der Waals surface area contributed by atoms with E-state index >= 15 is 0 Å². The van der Waals surface area contributed by atoms with Gasteiger partial charge in [0, 0.05) is 13.0 Å². The Hall–Kier alpha value is -6.73. The largest absolute Gasteiger partial charge is 0.481 e. The van der Waals surface area contributed by atoms with E-state index in [-0.39, 0.29) is 19.4 Å². The number of aliphatic carboxylic acids is 2. The number of carboxylic acid groups (broad SMARTS) is 2. The predicted octanol–water partition coefficient (Wildman–Crippen LogP) is -7.23. The van der Waals surface area contributed by atoms with Crippen molar-refractivity contribution in [2.45, 2.75) is 93.8 Å². The van der Waals surface area contributed by atoms with E-state index in [4.69, 9.17) is 22.3 Å². The van der Waals surface area contributed by atoms with Gasteiger partial charge >= 0.3 is 11.9 Å². The summed E-state index contributed by atoms with van der Waals surface area (Å²) in [5.41, 5.74) is 16.3. The second kappa shape index (κ2) is 23.6. The zero-order chi connectivity index (χ0) is 45.3. The van der Waals surface area contributed by atoms with Crippen molar-refractivity contribution in [1.82, 2.24) is 36.8 Å². The van der Waals surface area contributed by atoms with Gasteiger partial charge in [0.25, 0.3) is 0 Å². The Balaban J connectivity index is 2.24. The zero-order valence-corrected chi connectivity index (χ0v) is 32.3. The van der Waals surface area contributed by atoms with Gasteiger partial charge in [0.15, 0.2) is 0 Å². The van der Waals surface area contributed by atoms with Crippen molar-refractivity contribution in [2.24, 2.45) is 17.2 Å². The van der Waals surface area contributed by atoms with Crippen LogP contribution in [0.25, 0.3) is 0 Å². The molecule has 1 fully saturated rings. The summed E-state index contributed by atoms with van der Waals surface area (Å²) >= 11 is 0. The van der Waals surface area contributed by atoms with Crippen LogP contribution in [0, 0.1) is 0 Å². The first-order chi connectivity index (χ1) is 28.1. The molecule has 1 aliphatic heterocycles. The van der Waals surface area contributed by atoms with E-state index in [1.807, 2.05) is 0 Å². The maximum Gasteiger partial charge on any atom is 0.326 e. The number of nitrogens with zero attached hydrogens (tertiary/aromatic N) is 1. The molecule has 0 unspecified atom stereocenters. The first-order valence-corrected chi connectivity index (χ1v) is 18.3. The van der Waals surface area contributed by atoms with Crippen LogP contribution in [0.3, 0.4) is 0 Å². The third-order valence-electron chi connectivity index (χ3n) is 8.84. The van der Waals surface area contributed by atoms with E-state index < -0.39 is 146 Å². The van der Waals surface area contributed by atoms with Crippen LogP contribution in [0.1, 0.15) is 44.6 Å². The van der Waals surface area contributed by atoms with Crippen LogP contribution in [-0.2, 0) is 59.2 Å². The molecule has 1 saturated heterocycles. The van der Waals surface area contributed by atoms with Gasteiger partial charge in [-0.3, -0.25) is 47.9 Å². The average molecular weight is 851 g/mol. The summed E-state index contributed by atoms with van der Waals surface area (Å²) in [6.07, 6.45) is -4.10. The molecule has 1 aromatic rings. The summed E-state index contributed by atoms with van der Waals surface area (Å²) in [4.78, 5) is 139. The molecule has 2 rings (SSSR count). The van der Waals surface area contributed by atoms with Crippen LogP contribution in [-0.4, -0.2) is 159 Å². The van der Waals surface area contributed by atoms with E-state index in [9.17, 15) is 68.1 Å². The second-order valence-electron chi connectivity index (χ2n) is 13.7. The first-order valence-electron chi connectivity index (χ1n) is 18.3. The van der Waals surface area contributed by atoms with Gasteiger partial charge in [0.2, 0.25) is 53.2 Å². The number of nitrogens with two attached hydrogens (primary N) is 3. The van der Waals surface area contributed by atoms with Crippen molar-refractivity contribution in [2.75, 3.05) is 19.7 Å². The average Bonchev–Trinajstić information content (AvgIpc) is 3.67. The lowest BCUT2D eigenvalue weighted by molar-refractivity contribution is -0.150. The molecule has 25 nitrogen and oxygen atoms in total. The lowest BCUT2D eigenvalue weighted by Gasteiger charge is -2.28. The van der Waals surface area contributed by atoms with E-state index in [0.717, 1.165) is 11.8 Å². The number of nitrogens with one attached hydrogen (secondary N) is 6. The molecule has 1 heterocycles. The van der Waals surface area contributed by atoms with Gasteiger partial charge in [0.1, 0.15) is 42.3 Å². The van der Waals surface area contributed by atoms with Crippen LogP contribution < -0.4 is 49.1 Å². The Labute approximate surface area is 341 Å². The van der Waals surface area contributed by atoms with Gasteiger partial charge in [-0.15, -0.1) is 0 Å². The number of carbonyl (C=O) groups is 11. The molecule has 0 aliphatic carbocycles. The molecule has 330 valence electrons. The van der Waals surface area contributed by atoms with Crippen LogP contribution in [0.4, 0.5) is 0 Å². The van der Waals surface area contributed by atoms with Crippen molar-refractivity contribution in [3.05, 3.63) is 35.9 Å². The van der Waals surface area contributed by atoms with Gasteiger partial charge in [0.05, 0.1) is 38.5 Å². The minimum atomic E-state index is -1.82. The maximum absolute atomic E-state index is 13.7. The van der Waals surface area contributed by atoms with Crippen LogP contribution in [0.5, 0.6) is 0 Å². The van der Waals surface area contributed by atoms with Gasteiger partial charge in [-0.05, 0) is 25.3 Å². The van der Waals surface area contributed by atoms with E-state index in [1.165, 1.54) is 0 Å². The number of aliphatic hydroxyl groups excluding tert-OH is 2. The Morgan fingerprint density at radius 1 is 0.733 bits per heavy atom. The minimum absolute atomic E-state index is 0.0198. The van der Waals surface area contributed by atoms with Crippen molar-refractivity contribution in [1.29, 1.82) is 0 Å². The molecule has 0 aromatic heterocycles. The molecular formula is C35H50N10O15. The molecule has 16 N–H and O–H groups in total. The number of amides is 9. The lowest BCUT2D eigenvalue weighted by Crippen LogP contribution is -2.60. The summed E-state index contributed by atoms with van der Waals surface area (Å²) in [6, 6.07) is -3.42. The Bertz CT molecular complexity index is 1780. The molecule has 0 radical (unpaired) electrons. The smallest absolute Gasteiger partial charge is 0.326 e. The van der Waals surface area contributed by atoms with Crippen molar-refractivity contribution in [3.8, 4) is 0 Å². The minimum Gasteiger partial charge on any atom is -0.481 e. The number of likely N-dealkylation sites (tertiary alicyclic amines) is 1. The topological polar surface area (TPSA) is 422 Å². The number of aliphatic hydroxyl groups is 2. The summed E-state index contributed by atoms with van der Waals surface area (Å²) in [5.74, 6) is -12.8. The van der Waals surface area contributed by atoms with E-state index in [2.05, 4.69) is 31.9 Å². The number of carbonyl (C=O) groups excluding carboxylic acids is 9. The standard InChI is InChI=1S/C35H50N10O15/c1-16(47)28(44-32(56)21(12-25(38)49)41-29(53)18(36)15-46)33(57)39-14-26(50)40-20(11-24(37)48)31(55)42-19(10-17-6-3-2-4-7-17)30(54)43-22(13-27(51)52)34(58)45-9-5-8-23(45)35(59)60/h2-4,6-7,16,18-23,28,46-47H,5,8-15,36H2,1H3,(H2,37,48)(H2,38,49)(H,39,57)(H,40,50)(H,41,53)(H,42,55)(H,43,54)(H,44,56)(H,51,52)(H,59,60)/t16-,18+,19+,20+,21+,22+,23+,28+/m1/s1. The van der Waals surface area contributed by atoms with Gasteiger partial charge in [-0.1, -0.05) is 30.3 Å².